The summed E-state index contributed by atoms with van der Waals surface area (Å²) >= 11 is 0. The Balaban J connectivity index is 1.94. The maximum absolute atomic E-state index is 12.5. The van der Waals surface area contributed by atoms with Gasteiger partial charge in [0, 0.05) is 26.2 Å². The Morgan fingerprint density at radius 3 is 2.36 bits per heavy atom. The summed E-state index contributed by atoms with van der Waals surface area (Å²) in [5, 5.41) is -1.18. The van der Waals surface area contributed by atoms with E-state index in [0.717, 1.165) is 5.56 Å². The number of nitrogens with zero attached hydrogens (tertiary/aromatic N) is 2. The van der Waals surface area contributed by atoms with Gasteiger partial charge < -0.3 is 9.64 Å². The van der Waals surface area contributed by atoms with Crippen LogP contribution < -0.4 is 0 Å². The number of ether oxygens (including phenoxy) is 1. The van der Waals surface area contributed by atoms with Crippen LogP contribution in [0.1, 0.15) is 12.5 Å². The lowest BCUT2D eigenvalue weighted by atomic mass is 10.2. The van der Waals surface area contributed by atoms with Crippen molar-refractivity contribution in [2.45, 2.75) is 18.8 Å². The monoisotopic (exact) mass is 326 g/mol. The summed E-state index contributed by atoms with van der Waals surface area (Å²) < 4.78 is 31.4. The Morgan fingerprint density at radius 2 is 1.77 bits per heavy atom. The summed E-state index contributed by atoms with van der Waals surface area (Å²) in [7, 11) is -1.71. The average Bonchev–Trinajstić information content (AvgIpc) is 2.53. The van der Waals surface area contributed by atoms with Crippen LogP contribution in [-0.2, 0) is 26.2 Å². The molecule has 1 unspecified atom stereocenters. The van der Waals surface area contributed by atoms with Crippen LogP contribution in [0.2, 0.25) is 0 Å². The number of hydrogen-bond acceptors (Lipinski definition) is 5. The number of esters is 1. The SMILES string of the molecule is CC(C(=O)OCc1ccccc1)S(=O)(=O)N1CCN(C)CC1. The molecule has 0 N–H and O–H groups in total. The molecule has 1 fully saturated rings. The maximum Gasteiger partial charge on any atom is 0.325 e. The topological polar surface area (TPSA) is 66.9 Å². The largest absolute Gasteiger partial charge is 0.460 e. The van der Waals surface area contributed by atoms with Gasteiger partial charge in [-0.05, 0) is 19.5 Å². The van der Waals surface area contributed by atoms with E-state index in [-0.39, 0.29) is 6.61 Å². The Labute approximate surface area is 131 Å². The first-order valence-corrected chi connectivity index (χ1v) is 8.79. The zero-order chi connectivity index (χ0) is 16.2. The number of sulfonamides is 1. The molecule has 1 heterocycles. The van der Waals surface area contributed by atoms with Crippen LogP contribution in [0, 0.1) is 0 Å². The molecule has 0 spiro atoms. The van der Waals surface area contributed by atoms with Gasteiger partial charge in [0.25, 0.3) is 0 Å². The highest BCUT2D eigenvalue weighted by molar-refractivity contribution is 7.90. The molecule has 1 aromatic carbocycles. The molecule has 2 rings (SSSR count). The molecule has 1 atom stereocenters. The summed E-state index contributed by atoms with van der Waals surface area (Å²) in [5.74, 6) is -0.706. The maximum atomic E-state index is 12.5. The van der Waals surface area contributed by atoms with Gasteiger partial charge in [-0.3, -0.25) is 4.79 Å². The fourth-order valence-electron chi connectivity index (χ4n) is 2.23. The van der Waals surface area contributed by atoms with Crippen LogP contribution in [0.5, 0.6) is 0 Å². The van der Waals surface area contributed by atoms with Crippen LogP contribution >= 0.6 is 0 Å². The standard InChI is InChI=1S/C15H22N2O4S/c1-13(15(18)21-12-14-6-4-3-5-7-14)22(19,20)17-10-8-16(2)9-11-17/h3-7,13H,8-12H2,1-2H3. The third kappa shape index (κ3) is 4.06. The number of rotatable bonds is 5. The molecule has 1 saturated heterocycles. The van der Waals surface area contributed by atoms with E-state index in [0.29, 0.717) is 26.2 Å². The summed E-state index contributed by atoms with van der Waals surface area (Å²) in [6.45, 7) is 3.64. The van der Waals surface area contributed by atoms with Crippen LogP contribution in [0.3, 0.4) is 0 Å². The molecule has 0 radical (unpaired) electrons. The van der Waals surface area contributed by atoms with Crippen molar-refractivity contribution in [1.29, 1.82) is 0 Å². The molecule has 7 heteroatoms. The van der Waals surface area contributed by atoms with E-state index in [1.165, 1.54) is 11.2 Å². The van der Waals surface area contributed by atoms with Gasteiger partial charge in [0.1, 0.15) is 6.61 Å². The van der Waals surface area contributed by atoms with Crippen LogP contribution in [0.25, 0.3) is 0 Å². The first-order chi connectivity index (χ1) is 10.4. The fourth-order valence-corrected chi connectivity index (χ4v) is 3.66. The second-order valence-electron chi connectivity index (χ2n) is 5.48. The van der Waals surface area contributed by atoms with Crippen LogP contribution in [0.15, 0.2) is 30.3 Å². The molecule has 0 aromatic heterocycles. The minimum Gasteiger partial charge on any atom is -0.460 e. The van der Waals surface area contributed by atoms with Gasteiger partial charge in [-0.1, -0.05) is 30.3 Å². The van der Waals surface area contributed by atoms with Crippen LogP contribution in [-0.4, -0.2) is 62.1 Å². The molecule has 1 aromatic rings. The molecule has 0 saturated carbocycles. The summed E-state index contributed by atoms with van der Waals surface area (Å²) in [4.78, 5) is 14.1. The first kappa shape index (κ1) is 16.9. The zero-order valence-electron chi connectivity index (χ0n) is 12.9. The van der Waals surface area contributed by atoms with Crippen molar-refractivity contribution in [2.75, 3.05) is 33.2 Å². The van der Waals surface area contributed by atoms with E-state index < -0.39 is 21.2 Å². The van der Waals surface area contributed by atoms with Crippen molar-refractivity contribution >= 4 is 16.0 Å². The lowest BCUT2D eigenvalue weighted by Crippen LogP contribution is -2.51. The quantitative estimate of drug-likeness (QED) is 0.745. The normalized spacial score (nSPS) is 18.8. The van der Waals surface area contributed by atoms with Gasteiger partial charge in [0.05, 0.1) is 0 Å². The number of piperazine rings is 1. The van der Waals surface area contributed by atoms with E-state index in [4.69, 9.17) is 4.74 Å². The predicted octanol–water partition coefficient (Wildman–Crippen LogP) is 0.696. The zero-order valence-corrected chi connectivity index (χ0v) is 13.8. The molecule has 1 aliphatic heterocycles. The van der Waals surface area contributed by atoms with Crippen molar-refractivity contribution in [3.8, 4) is 0 Å². The lowest BCUT2D eigenvalue weighted by Gasteiger charge is -2.32. The van der Waals surface area contributed by atoms with E-state index >= 15 is 0 Å². The van der Waals surface area contributed by atoms with Crippen molar-refractivity contribution in [2.24, 2.45) is 0 Å². The Bertz CT molecular complexity index is 595. The minimum absolute atomic E-state index is 0.0856. The Kier molecular flexibility index (Phi) is 5.55. The predicted molar refractivity (Wildman–Crippen MR) is 83.7 cm³/mol. The number of hydrogen-bond donors (Lipinski definition) is 0. The van der Waals surface area contributed by atoms with E-state index in [2.05, 4.69) is 4.90 Å². The summed E-state index contributed by atoms with van der Waals surface area (Å²) in [6, 6.07) is 9.20. The van der Waals surface area contributed by atoms with Gasteiger partial charge in [-0.15, -0.1) is 0 Å². The fraction of sp³-hybridized carbons (Fsp3) is 0.533. The molecule has 0 aliphatic carbocycles. The van der Waals surface area contributed by atoms with Crippen molar-refractivity contribution in [3.63, 3.8) is 0 Å². The van der Waals surface area contributed by atoms with E-state index in [1.54, 1.807) is 0 Å². The second-order valence-corrected chi connectivity index (χ2v) is 7.74. The van der Waals surface area contributed by atoms with Crippen molar-refractivity contribution in [3.05, 3.63) is 35.9 Å². The Hall–Kier alpha value is -1.44. The second kappa shape index (κ2) is 7.21. The van der Waals surface area contributed by atoms with E-state index in [1.807, 2.05) is 37.4 Å². The lowest BCUT2D eigenvalue weighted by molar-refractivity contribution is -0.144. The Morgan fingerprint density at radius 1 is 1.18 bits per heavy atom. The summed E-state index contributed by atoms with van der Waals surface area (Å²) in [5.41, 5.74) is 0.833. The smallest absolute Gasteiger partial charge is 0.325 e. The van der Waals surface area contributed by atoms with Gasteiger partial charge in [-0.2, -0.15) is 4.31 Å². The van der Waals surface area contributed by atoms with Crippen molar-refractivity contribution in [1.82, 2.24) is 9.21 Å². The molecule has 0 amide bonds. The third-order valence-electron chi connectivity index (χ3n) is 3.82. The highest BCUT2D eigenvalue weighted by Crippen LogP contribution is 2.14. The van der Waals surface area contributed by atoms with Gasteiger partial charge >= 0.3 is 5.97 Å². The first-order valence-electron chi connectivity index (χ1n) is 7.29. The number of likely N-dealkylation sites (N-methyl/N-ethyl adjacent to an activating group) is 1. The molecule has 122 valence electrons. The summed E-state index contributed by atoms with van der Waals surface area (Å²) in [6.07, 6.45) is 0. The molecular formula is C15H22N2O4S. The van der Waals surface area contributed by atoms with Gasteiger partial charge in [0.15, 0.2) is 5.25 Å². The van der Waals surface area contributed by atoms with Crippen molar-refractivity contribution < 1.29 is 17.9 Å². The molecular weight excluding hydrogens is 304 g/mol. The van der Waals surface area contributed by atoms with Gasteiger partial charge in [-0.25, -0.2) is 8.42 Å². The minimum atomic E-state index is -3.66. The molecule has 6 nitrogen and oxygen atoms in total. The van der Waals surface area contributed by atoms with Crippen LogP contribution in [0.4, 0.5) is 0 Å². The number of carbonyl (C=O) groups is 1. The molecule has 0 bridgehead atoms. The van der Waals surface area contributed by atoms with E-state index in [9.17, 15) is 13.2 Å². The number of benzene rings is 1. The average molecular weight is 326 g/mol. The number of carbonyl (C=O) groups excluding carboxylic acids is 1. The molecule has 22 heavy (non-hydrogen) atoms. The third-order valence-corrected chi connectivity index (χ3v) is 6.00. The highest BCUT2D eigenvalue weighted by atomic mass is 32.2. The van der Waals surface area contributed by atoms with Gasteiger partial charge in [0.2, 0.25) is 10.0 Å². The highest BCUT2D eigenvalue weighted by Gasteiger charge is 2.36. The molecule has 1 aliphatic rings.